The molecule has 1 saturated heterocycles. The van der Waals surface area contributed by atoms with Crippen LogP contribution in [0, 0.1) is 0 Å². The summed E-state index contributed by atoms with van der Waals surface area (Å²) in [6, 6.07) is 18.9. The van der Waals surface area contributed by atoms with E-state index < -0.39 is 17.7 Å². The standard InChI is InChI=1S/C30H29NO6/c1-5-35-22-8-6-7-19(15-22)27(32)25-26(18-9-11-20(12-10-18)30(2,3)4)31(29(34)28(25)33)21-13-14-23-24(16-21)37-17-36-23/h6-16,26,32H,5,17H2,1-4H3/b27-25+. The average Bonchev–Trinajstić information content (AvgIpc) is 3.45. The van der Waals surface area contributed by atoms with Gasteiger partial charge in [0.25, 0.3) is 11.7 Å². The van der Waals surface area contributed by atoms with Crippen LogP contribution < -0.4 is 19.1 Å². The number of fused-ring (bicyclic) bond motifs is 1. The highest BCUT2D eigenvalue weighted by atomic mass is 16.7. The van der Waals surface area contributed by atoms with Gasteiger partial charge in [0.05, 0.1) is 18.2 Å². The maximum atomic E-state index is 13.5. The maximum Gasteiger partial charge on any atom is 0.300 e. The fourth-order valence-electron chi connectivity index (χ4n) is 4.67. The number of benzene rings is 3. The fraction of sp³-hybridized carbons (Fsp3) is 0.267. The van der Waals surface area contributed by atoms with E-state index in [0.717, 1.165) is 5.56 Å². The van der Waals surface area contributed by atoms with E-state index in [1.807, 2.05) is 31.2 Å². The molecule has 2 aliphatic heterocycles. The number of hydrogen-bond donors (Lipinski definition) is 1. The van der Waals surface area contributed by atoms with Crippen molar-refractivity contribution in [2.45, 2.75) is 39.2 Å². The molecule has 0 radical (unpaired) electrons. The lowest BCUT2D eigenvalue weighted by atomic mass is 9.85. The van der Waals surface area contributed by atoms with Crippen LogP contribution in [0.4, 0.5) is 5.69 Å². The van der Waals surface area contributed by atoms with Gasteiger partial charge in [-0.05, 0) is 47.7 Å². The van der Waals surface area contributed by atoms with Crippen LogP contribution >= 0.6 is 0 Å². The Kier molecular flexibility index (Phi) is 6.15. The van der Waals surface area contributed by atoms with Crippen molar-refractivity contribution in [3.05, 3.63) is 89.0 Å². The van der Waals surface area contributed by atoms with Crippen molar-refractivity contribution >= 4 is 23.1 Å². The van der Waals surface area contributed by atoms with Crippen LogP contribution in [0.5, 0.6) is 17.2 Å². The van der Waals surface area contributed by atoms with Crippen molar-refractivity contribution in [3.8, 4) is 17.2 Å². The summed E-state index contributed by atoms with van der Waals surface area (Å²) in [4.78, 5) is 28.3. The minimum atomic E-state index is -0.842. The molecule has 7 nitrogen and oxygen atoms in total. The molecule has 1 N–H and O–H groups in total. The first-order chi connectivity index (χ1) is 17.7. The van der Waals surface area contributed by atoms with E-state index in [4.69, 9.17) is 14.2 Å². The second kappa shape index (κ2) is 9.32. The van der Waals surface area contributed by atoms with Gasteiger partial charge in [-0.3, -0.25) is 14.5 Å². The molecule has 1 amide bonds. The molecule has 2 aliphatic rings. The number of aliphatic hydroxyl groups is 1. The first-order valence-electron chi connectivity index (χ1n) is 12.2. The number of carbonyl (C=O) groups excluding carboxylic acids is 2. The molecule has 1 fully saturated rings. The van der Waals surface area contributed by atoms with Crippen LogP contribution in [0.1, 0.15) is 50.4 Å². The summed E-state index contributed by atoms with van der Waals surface area (Å²) in [6.07, 6.45) is 0. The minimum Gasteiger partial charge on any atom is -0.507 e. The number of anilines is 1. The van der Waals surface area contributed by atoms with Gasteiger partial charge in [-0.15, -0.1) is 0 Å². The van der Waals surface area contributed by atoms with Crippen molar-refractivity contribution in [3.63, 3.8) is 0 Å². The van der Waals surface area contributed by atoms with Gasteiger partial charge in [0.2, 0.25) is 6.79 Å². The van der Waals surface area contributed by atoms with Crippen LogP contribution in [-0.4, -0.2) is 30.2 Å². The number of ether oxygens (including phenoxy) is 3. The SMILES string of the molecule is CCOc1cccc(/C(O)=C2\C(=O)C(=O)N(c3ccc4c(c3)OCO4)C2c2ccc(C(C)(C)C)cc2)c1. The van der Waals surface area contributed by atoms with Gasteiger partial charge in [-0.25, -0.2) is 0 Å². The molecule has 3 aromatic carbocycles. The molecule has 2 heterocycles. The maximum absolute atomic E-state index is 13.5. The van der Waals surface area contributed by atoms with Gasteiger partial charge in [0, 0.05) is 17.3 Å². The van der Waals surface area contributed by atoms with E-state index in [2.05, 4.69) is 20.8 Å². The second-order valence-electron chi connectivity index (χ2n) is 10.0. The normalized spacial score (nSPS) is 18.4. The molecule has 37 heavy (non-hydrogen) atoms. The van der Waals surface area contributed by atoms with E-state index in [9.17, 15) is 14.7 Å². The molecule has 3 aromatic rings. The van der Waals surface area contributed by atoms with Crippen LogP contribution in [0.15, 0.2) is 72.3 Å². The van der Waals surface area contributed by atoms with Crippen LogP contribution in [0.25, 0.3) is 5.76 Å². The number of hydrogen-bond acceptors (Lipinski definition) is 6. The third-order valence-corrected chi connectivity index (χ3v) is 6.59. The Labute approximate surface area is 215 Å². The molecular weight excluding hydrogens is 470 g/mol. The van der Waals surface area contributed by atoms with Crippen molar-refractivity contribution < 1.29 is 28.9 Å². The third-order valence-electron chi connectivity index (χ3n) is 6.59. The number of nitrogens with zero attached hydrogens (tertiary/aromatic N) is 1. The van der Waals surface area contributed by atoms with E-state index >= 15 is 0 Å². The quantitative estimate of drug-likeness (QED) is 0.274. The van der Waals surface area contributed by atoms with Gasteiger partial charge >= 0.3 is 0 Å². The first-order valence-corrected chi connectivity index (χ1v) is 12.2. The molecule has 0 aliphatic carbocycles. The Morgan fingerprint density at radius 3 is 2.43 bits per heavy atom. The van der Waals surface area contributed by atoms with Gasteiger partial charge in [-0.1, -0.05) is 57.2 Å². The van der Waals surface area contributed by atoms with Crippen LogP contribution in [-0.2, 0) is 15.0 Å². The van der Waals surface area contributed by atoms with Crippen molar-refractivity contribution in [2.75, 3.05) is 18.3 Å². The summed E-state index contributed by atoms with van der Waals surface area (Å²) in [5, 5.41) is 11.4. The molecule has 5 rings (SSSR count). The van der Waals surface area contributed by atoms with Gasteiger partial charge in [-0.2, -0.15) is 0 Å². The predicted molar refractivity (Wildman–Crippen MR) is 140 cm³/mol. The van der Waals surface area contributed by atoms with E-state index in [1.54, 1.807) is 42.5 Å². The average molecular weight is 500 g/mol. The highest BCUT2D eigenvalue weighted by Crippen LogP contribution is 2.45. The highest BCUT2D eigenvalue weighted by molar-refractivity contribution is 6.51. The molecule has 1 atom stereocenters. The van der Waals surface area contributed by atoms with Crippen LogP contribution in [0.2, 0.25) is 0 Å². The van der Waals surface area contributed by atoms with E-state index in [-0.39, 0.29) is 23.5 Å². The van der Waals surface area contributed by atoms with Crippen LogP contribution in [0.3, 0.4) is 0 Å². The Morgan fingerprint density at radius 2 is 1.73 bits per heavy atom. The lowest BCUT2D eigenvalue weighted by molar-refractivity contribution is -0.132. The Morgan fingerprint density at radius 1 is 1.00 bits per heavy atom. The van der Waals surface area contributed by atoms with E-state index in [0.29, 0.717) is 40.7 Å². The third kappa shape index (κ3) is 4.42. The van der Waals surface area contributed by atoms with Crippen molar-refractivity contribution in [2.24, 2.45) is 0 Å². The van der Waals surface area contributed by atoms with Crippen molar-refractivity contribution in [1.29, 1.82) is 0 Å². The molecule has 0 bridgehead atoms. The number of aliphatic hydroxyl groups excluding tert-OH is 1. The zero-order valence-electron chi connectivity index (χ0n) is 21.3. The Balaban J connectivity index is 1.68. The summed E-state index contributed by atoms with van der Waals surface area (Å²) in [5.41, 5.74) is 2.62. The summed E-state index contributed by atoms with van der Waals surface area (Å²) >= 11 is 0. The molecule has 0 aromatic heterocycles. The number of rotatable bonds is 5. The summed E-state index contributed by atoms with van der Waals surface area (Å²) in [5.74, 6) is -0.131. The first kappa shape index (κ1) is 24.4. The number of carbonyl (C=O) groups is 2. The largest absolute Gasteiger partial charge is 0.507 e. The van der Waals surface area contributed by atoms with Gasteiger partial charge in [0.15, 0.2) is 11.5 Å². The minimum absolute atomic E-state index is 0.0137. The highest BCUT2D eigenvalue weighted by Gasteiger charge is 2.47. The molecular formula is C30H29NO6. The fourth-order valence-corrected chi connectivity index (χ4v) is 4.67. The topological polar surface area (TPSA) is 85.3 Å². The molecule has 0 spiro atoms. The zero-order valence-corrected chi connectivity index (χ0v) is 21.3. The molecule has 1 unspecified atom stereocenters. The number of Topliss-reactive ketones (excluding diaryl/α,β-unsaturated/α-hetero) is 1. The summed E-state index contributed by atoms with van der Waals surface area (Å²) in [6.45, 7) is 8.76. The predicted octanol–water partition coefficient (Wildman–Crippen LogP) is 5.74. The smallest absolute Gasteiger partial charge is 0.300 e. The molecule has 7 heteroatoms. The summed E-state index contributed by atoms with van der Waals surface area (Å²) in [7, 11) is 0. The van der Waals surface area contributed by atoms with Crippen molar-refractivity contribution in [1.82, 2.24) is 0 Å². The van der Waals surface area contributed by atoms with E-state index in [1.165, 1.54) is 4.90 Å². The Bertz CT molecular complexity index is 1400. The zero-order chi connectivity index (χ0) is 26.3. The number of amides is 1. The summed E-state index contributed by atoms with van der Waals surface area (Å²) < 4.78 is 16.5. The monoisotopic (exact) mass is 499 g/mol. The molecule has 0 saturated carbocycles. The number of ketones is 1. The second-order valence-corrected chi connectivity index (χ2v) is 10.0. The van der Waals surface area contributed by atoms with Gasteiger partial charge < -0.3 is 19.3 Å². The Hall–Kier alpha value is -4.26. The lowest BCUT2D eigenvalue weighted by Gasteiger charge is -2.26. The van der Waals surface area contributed by atoms with Gasteiger partial charge in [0.1, 0.15) is 11.5 Å². The lowest BCUT2D eigenvalue weighted by Crippen LogP contribution is -2.29. The molecule has 190 valence electrons.